The summed E-state index contributed by atoms with van der Waals surface area (Å²) in [7, 11) is 0. The van der Waals surface area contributed by atoms with Gasteiger partial charge in [-0.15, -0.1) is 0 Å². The van der Waals surface area contributed by atoms with Gasteiger partial charge in [-0.3, -0.25) is 10.2 Å². The number of benzene rings is 1. The molecule has 0 saturated carbocycles. The number of rotatable bonds is 1. The summed E-state index contributed by atoms with van der Waals surface area (Å²) in [6.45, 7) is 7.26. The molecule has 0 radical (unpaired) electrons. The molecule has 0 fully saturated rings. The summed E-state index contributed by atoms with van der Waals surface area (Å²) in [5.74, 6) is 0. The Kier molecular flexibility index (Phi) is 3.52. The van der Waals surface area contributed by atoms with Gasteiger partial charge in [0.15, 0.2) is 0 Å². The van der Waals surface area contributed by atoms with Crippen LogP contribution in [0.2, 0.25) is 0 Å². The molecule has 104 valence electrons. The number of carbonyl (C=O) groups is 1. The highest BCUT2D eigenvalue weighted by atomic mass is 17.1. The monoisotopic (exact) mass is 265 g/mol. The Bertz CT molecular complexity index is 481. The van der Waals surface area contributed by atoms with Gasteiger partial charge in [0.2, 0.25) is 0 Å². The molecule has 1 heterocycles. The summed E-state index contributed by atoms with van der Waals surface area (Å²) >= 11 is 0. The third-order valence-electron chi connectivity index (χ3n) is 3.05. The Morgan fingerprint density at radius 3 is 2.53 bits per heavy atom. The number of nitrogens with zero attached hydrogens (tertiary/aromatic N) is 1. The summed E-state index contributed by atoms with van der Waals surface area (Å²) in [5, 5.41) is 9.04. The average Bonchev–Trinajstić information content (AvgIpc) is 2.58. The first kappa shape index (κ1) is 13.8. The molecule has 5 heteroatoms. The van der Waals surface area contributed by atoms with E-state index in [2.05, 4.69) is 4.89 Å². The van der Waals surface area contributed by atoms with Gasteiger partial charge in [0.1, 0.15) is 11.7 Å². The minimum atomic E-state index is -0.566. The topological polar surface area (TPSA) is 59.0 Å². The van der Waals surface area contributed by atoms with Gasteiger partial charge in [0.05, 0.1) is 11.7 Å². The second-order valence-electron chi connectivity index (χ2n) is 5.68. The van der Waals surface area contributed by atoms with E-state index in [1.807, 2.05) is 52.0 Å². The molecular weight excluding hydrogens is 246 g/mol. The van der Waals surface area contributed by atoms with E-state index in [-0.39, 0.29) is 6.04 Å². The summed E-state index contributed by atoms with van der Waals surface area (Å²) < 4.78 is 5.39. The van der Waals surface area contributed by atoms with E-state index < -0.39 is 17.8 Å². The molecule has 5 nitrogen and oxygen atoms in total. The van der Waals surface area contributed by atoms with Gasteiger partial charge < -0.3 is 4.74 Å². The van der Waals surface area contributed by atoms with Crippen LogP contribution < -0.4 is 4.90 Å². The van der Waals surface area contributed by atoms with Crippen molar-refractivity contribution < 1.29 is 19.7 Å². The van der Waals surface area contributed by atoms with E-state index in [0.29, 0.717) is 5.69 Å². The quantitative estimate of drug-likeness (QED) is 0.624. The predicted molar refractivity (Wildman–Crippen MR) is 71.1 cm³/mol. The van der Waals surface area contributed by atoms with Crippen molar-refractivity contribution in [3.05, 3.63) is 29.8 Å². The van der Waals surface area contributed by atoms with Crippen molar-refractivity contribution in [2.45, 2.75) is 45.4 Å². The first-order valence-electron chi connectivity index (χ1n) is 6.26. The number of fused-ring (bicyclic) bond motifs is 1. The first-order chi connectivity index (χ1) is 8.85. The van der Waals surface area contributed by atoms with Gasteiger partial charge in [0.25, 0.3) is 0 Å². The Hall–Kier alpha value is -1.59. The Morgan fingerprint density at radius 1 is 1.32 bits per heavy atom. The Labute approximate surface area is 112 Å². The second kappa shape index (κ2) is 4.83. The third kappa shape index (κ3) is 2.57. The molecule has 2 atom stereocenters. The zero-order valence-corrected chi connectivity index (χ0v) is 11.6. The maximum absolute atomic E-state index is 12.3. The maximum Gasteiger partial charge on any atom is 0.415 e. The number of hydrogen-bond donors (Lipinski definition) is 1. The summed E-state index contributed by atoms with van der Waals surface area (Å²) in [5.41, 5.74) is 0.927. The molecule has 2 rings (SSSR count). The molecule has 0 aliphatic carbocycles. The van der Waals surface area contributed by atoms with E-state index in [0.717, 1.165) is 5.56 Å². The minimum Gasteiger partial charge on any atom is -0.443 e. The van der Waals surface area contributed by atoms with Crippen LogP contribution in [-0.4, -0.2) is 23.0 Å². The molecule has 19 heavy (non-hydrogen) atoms. The lowest BCUT2D eigenvalue weighted by molar-refractivity contribution is -0.283. The number of anilines is 1. The molecule has 1 aromatic rings. The van der Waals surface area contributed by atoms with Crippen LogP contribution in [0.15, 0.2) is 24.3 Å². The highest BCUT2D eigenvalue weighted by molar-refractivity contribution is 5.91. The largest absolute Gasteiger partial charge is 0.443 e. The van der Waals surface area contributed by atoms with Crippen LogP contribution in [0.4, 0.5) is 10.5 Å². The van der Waals surface area contributed by atoms with Gasteiger partial charge in [-0.25, -0.2) is 9.68 Å². The van der Waals surface area contributed by atoms with E-state index in [4.69, 9.17) is 9.99 Å². The molecule has 1 aliphatic rings. The van der Waals surface area contributed by atoms with Gasteiger partial charge >= 0.3 is 6.09 Å². The molecule has 1 amide bonds. The van der Waals surface area contributed by atoms with Crippen LogP contribution >= 0.6 is 0 Å². The summed E-state index contributed by atoms with van der Waals surface area (Å²) in [6.07, 6.45) is -0.990. The van der Waals surface area contributed by atoms with E-state index >= 15 is 0 Å². The van der Waals surface area contributed by atoms with Crippen molar-refractivity contribution in [2.24, 2.45) is 0 Å². The van der Waals surface area contributed by atoms with E-state index in [1.54, 1.807) is 0 Å². The van der Waals surface area contributed by atoms with Crippen LogP contribution in [0.25, 0.3) is 0 Å². The molecular formula is C14H19NO4. The lowest BCUT2D eigenvalue weighted by Crippen LogP contribution is -2.41. The Balaban J connectivity index is 2.34. The van der Waals surface area contributed by atoms with Crippen LogP contribution in [0.3, 0.4) is 0 Å². The Morgan fingerprint density at radius 2 is 1.95 bits per heavy atom. The van der Waals surface area contributed by atoms with Gasteiger partial charge in [-0.05, 0) is 33.8 Å². The standard InChI is InChI=1S/C14H19NO4/c1-9-12(19-17)10-7-5-6-8-11(10)15(9)13(16)18-14(2,3)4/h5-9,12,17H,1-4H3. The van der Waals surface area contributed by atoms with Crippen molar-refractivity contribution in [1.29, 1.82) is 0 Å². The van der Waals surface area contributed by atoms with Crippen molar-refractivity contribution in [1.82, 2.24) is 0 Å². The fraction of sp³-hybridized carbons (Fsp3) is 0.500. The van der Waals surface area contributed by atoms with Crippen LogP contribution in [0.1, 0.15) is 39.4 Å². The number of ether oxygens (including phenoxy) is 1. The molecule has 1 aromatic carbocycles. The van der Waals surface area contributed by atoms with Crippen molar-refractivity contribution >= 4 is 11.8 Å². The summed E-state index contributed by atoms with van der Waals surface area (Å²) in [6, 6.07) is 7.00. The highest BCUT2D eigenvalue weighted by Gasteiger charge is 2.41. The van der Waals surface area contributed by atoms with Crippen molar-refractivity contribution in [3.63, 3.8) is 0 Å². The highest BCUT2D eigenvalue weighted by Crippen LogP contribution is 2.41. The van der Waals surface area contributed by atoms with E-state index in [9.17, 15) is 4.79 Å². The number of carbonyl (C=O) groups excluding carboxylic acids is 1. The lowest BCUT2D eigenvalue weighted by atomic mass is 10.1. The molecule has 0 spiro atoms. The molecule has 1 aliphatic heterocycles. The average molecular weight is 265 g/mol. The fourth-order valence-electron chi connectivity index (χ4n) is 2.28. The smallest absolute Gasteiger partial charge is 0.415 e. The molecule has 0 saturated heterocycles. The number of hydrogen-bond acceptors (Lipinski definition) is 4. The maximum atomic E-state index is 12.3. The van der Waals surface area contributed by atoms with Crippen molar-refractivity contribution in [2.75, 3.05) is 4.90 Å². The summed E-state index contributed by atoms with van der Waals surface area (Å²) in [4.78, 5) is 18.3. The van der Waals surface area contributed by atoms with Crippen LogP contribution in [0.5, 0.6) is 0 Å². The zero-order chi connectivity index (χ0) is 14.2. The van der Waals surface area contributed by atoms with Gasteiger partial charge in [-0.2, -0.15) is 0 Å². The van der Waals surface area contributed by atoms with Gasteiger partial charge in [0, 0.05) is 5.56 Å². The lowest BCUT2D eigenvalue weighted by Gasteiger charge is -2.28. The van der Waals surface area contributed by atoms with Gasteiger partial charge in [-0.1, -0.05) is 18.2 Å². The minimum absolute atomic E-state index is 0.322. The molecule has 0 bridgehead atoms. The van der Waals surface area contributed by atoms with Crippen molar-refractivity contribution in [3.8, 4) is 0 Å². The SMILES string of the molecule is CC1C(OO)c2ccccc2N1C(=O)OC(C)(C)C. The van der Waals surface area contributed by atoms with Crippen LogP contribution in [0, 0.1) is 0 Å². The molecule has 2 unspecified atom stereocenters. The normalized spacial score (nSPS) is 22.3. The number of amides is 1. The van der Waals surface area contributed by atoms with Crippen LogP contribution in [-0.2, 0) is 9.62 Å². The molecule has 1 N–H and O–H groups in total. The molecule has 0 aromatic heterocycles. The second-order valence-corrected chi connectivity index (χ2v) is 5.68. The number of para-hydroxylation sites is 1. The van der Waals surface area contributed by atoms with E-state index in [1.165, 1.54) is 4.90 Å². The fourth-order valence-corrected chi connectivity index (χ4v) is 2.28. The zero-order valence-electron chi connectivity index (χ0n) is 11.6. The predicted octanol–water partition coefficient (Wildman–Crippen LogP) is 3.36. The third-order valence-corrected chi connectivity index (χ3v) is 3.05. The first-order valence-corrected chi connectivity index (χ1v) is 6.26.